The van der Waals surface area contributed by atoms with Crippen LogP contribution in [0.4, 0.5) is 17.3 Å². The molecule has 0 spiro atoms. The molecule has 1 unspecified atom stereocenters. The molecule has 2 aromatic carbocycles. The highest BCUT2D eigenvalue weighted by Gasteiger charge is 2.31. The van der Waals surface area contributed by atoms with E-state index in [0.29, 0.717) is 23.5 Å². The van der Waals surface area contributed by atoms with E-state index in [2.05, 4.69) is 10.3 Å². The largest absolute Gasteiger partial charge is 0.360 e. The van der Waals surface area contributed by atoms with Crippen molar-refractivity contribution in [3.8, 4) is 11.3 Å². The number of hydrogen-bond acceptors (Lipinski definition) is 8. The van der Waals surface area contributed by atoms with Crippen molar-refractivity contribution in [3.05, 3.63) is 99.6 Å². The number of rotatable bonds is 9. The number of carbonyl (C=O) groups is 2. The van der Waals surface area contributed by atoms with Gasteiger partial charge in [-0.15, -0.1) is 0 Å². The Morgan fingerprint density at radius 2 is 1.77 bits per heavy atom. The van der Waals surface area contributed by atoms with Gasteiger partial charge in [-0.25, -0.2) is 9.97 Å². The van der Waals surface area contributed by atoms with Crippen LogP contribution >= 0.6 is 0 Å². The first-order chi connectivity index (χ1) is 21.1. The van der Waals surface area contributed by atoms with Gasteiger partial charge < -0.3 is 19.7 Å². The molecule has 1 saturated heterocycles. The van der Waals surface area contributed by atoms with E-state index < -0.39 is 0 Å². The van der Waals surface area contributed by atoms with Crippen molar-refractivity contribution in [1.29, 1.82) is 0 Å². The van der Waals surface area contributed by atoms with Gasteiger partial charge in [0, 0.05) is 76.4 Å². The van der Waals surface area contributed by atoms with Gasteiger partial charge in [0.1, 0.15) is 11.9 Å². The number of likely N-dealkylation sites (N-methyl/N-ethyl adjacent to an activating group) is 2. The van der Waals surface area contributed by atoms with Gasteiger partial charge in [-0.2, -0.15) is 0 Å². The molecule has 0 aliphatic carbocycles. The summed E-state index contributed by atoms with van der Waals surface area (Å²) in [6, 6.07) is 16.7. The van der Waals surface area contributed by atoms with Gasteiger partial charge in [0.05, 0.1) is 5.69 Å². The van der Waals surface area contributed by atoms with Gasteiger partial charge in [-0.1, -0.05) is 30.3 Å². The van der Waals surface area contributed by atoms with Crippen LogP contribution in [-0.2, 0) is 18.3 Å². The summed E-state index contributed by atoms with van der Waals surface area (Å²) in [5, 5.41) is 3.17. The maximum absolute atomic E-state index is 13.1. The predicted octanol–water partition coefficient (Wildman–Crippen LogP) is 4.22. The van der Waals surface area contributed by atoms with Gasteiger partial charge in [0.25, 0.3) is 5.56 Å². The zero-order chi connectivity index (χ0) is 31.5. The molecular formula is C34H39N7O3. The minimum atomic E-state index is -0.336. The lowest BCUT2D eigenvalue weighted by Gasteiger charge is -2.37. The molecule has 2 aromatic heterocycles. The average molecular weight is 594 g/mol. The fourth-order valence-electron chi connectivity index (χ4n) is 5.41. The molecule has 10 heteroatoms. The number of amides is 1. The molecule has 1 fully saturated rings. The van der Waals surface area contributed by atoms with Crippen molar-refractivity contribution in [1.82, 2.24) is 24.3 Å². The Kier molecular flexibility index (Phi) is 8.91. The summed E-state index contributed by atoms with van der Waals surface area (Å²) in [4.78, 5) is 54.0. The topological polar surface area (TPSA) is 104 Å². The summed E-state index contributed by atoms with van der Waals surface area (Å²) in [7, 11) is 7.43. The molecule has 1 N–H and O–H groups in total. The number of nitrogens with zero attached hydrogens (tertiary/aromatic N) is 6. The Morgan fingerprint density at radius 3 is 2.45 bits per heavy atom. The summed E-state index contributed by atoms with van der Waals surface area (Å²) >= 11 is 0. The molecule has 10 nitrogen and oxygen atoms in total. The van der Waals surface area contributed by atoms with E-state index in [1.54, 1.807) is 24.3 Å². The lowest BCUT2D eigenvalue weighted by atomic mass is 9.95. The minimum Gasteiger partial charge on any atom is -0.360 e. The number of aryl methyl sites for hydroxylation is 1. The van der Waals surface area contributed by atoms with Crippen LogP contribution in [0.2, 0.25) is 0 Å². The first kappa shape index (κ1) is 30.6. The van der Waals surface area contributed by atoms with Crippen molar-refractivity contribution >= 4 is 29.0 Å². The molecule has 4 aromatic rings. The second kappa shape index (κ2) is 12.8. The first-order valence-electron chi connectivity index (χ1n) is 14.8. The van der Waals surface area contributed by atoms with Crippen LogP contribution in [0.15, 0.2) is 71.8 Å². The zero-order valence-electron chi connectivity index (χ0n) is 26.2. The Balaban J connectivity index is 1.37. The predicted molar refractivity (Wildman–Crippen MR) is 174 cm³/mol. The Hall–Kier alpha value is -4.83. The third-order valence-corrected chi connectivity index (χ3v) is 8.41. The van der Waals surface area contributed by atoms with E-state index in [1.165, 1.54) is 4.57 Å². The van der Waals surface area contributed by atoms with Gasteiger partial charge >= 0.3 is 0 Å². The molecule has 0 radical (unpaired) electrons. The number of nitrogens with one attached hydrogen (secondary N) is 1. The molecule has 44 heavy (non-hydrogen) atoms. The molecule has 1 amide bonds. The van der Waals surface area contributed by atoms with Crippen LogP contribution in [0.1, 0.15) is 40.0 Å². The van der Waals surface area contributed by atoms with Crippen LogP contribution in [0.25, 0.3) is 11.3 Å². The Labute approximate surface area is 258 Å². The van der Waals surface area contributed by atoms with Gasteiger partial charge in [-0.3, -0.25) is 19.3 Å². The number of benzene rings is 2. The van der Waals surface area contributed by atoms with Crippen molar-refractivity contribution in [2.75, 3.05) is 51.0 Å². The van der Waals surface area contributed by atoms with E-state index in [4.69, 9.17) is 4.98 Å². The normalized spacial score (nSPS) is 15.4. The zero-order valence-corrected chi connectivity index (χ0v) is 26.2. The monoisotopic (exact) mass is 593 g/mol. The summed E-state index contributed by atoms with van der Waals surface area (Å²) in [6.07, 6.45) is 3.56. The van der Waals surface area contributed by atoms with E-state index >= 15 is 0 Å². The van der Waals surface area contributed by atoms with Crippen LogP contribution in [0, 0.1) is 6.92 Å². The molecule has 0 saturated carbocycles. The van der Waals surface area contributed by atoms with E-state index in [9.17, 15) is 14.4 Å². The number of aromatic nitrogens is 3. The third-order valence-electron chi connectivity index (χ3n) is 8.41. The van der Waals surface area contributed by atoms with Crippen molar-refractivity contribution in [2.45, 2.75) is 26.3 Å². The average Bonchev–Trinajstić information content (AvgIpc) is 3.02. The molecule has 3 heterocycles. The number of pyridine rings is 1. The van der Waals surface area contributed by atoms with Gasteiger partial charge in [-0.05, 0) is 61.9 Å². The van der Waals surface area contributed by atoms with E-state index in [0.717, 1.165) is 41.2 Å². The van der Waals surface area contributed by atoms with Crippen LogP contribution in [0.3, 0.4) is 0 Å². The molecule has 0 bridgehead atoms. The number of piperazine rings is 1. The number of Topliss-reactive ketones (excluding diaryl/α,β-unsaturated/α-hetero) is 1. The van der Waals surface area contributed by atoms with Gasteiger partial charge in [0.15, 0.2) is 11.6 Å². The third kappa shape index (κ3) is 6.26. The minimum absolute atomic E-state index is 0.0181. The second-order valence-corrected chi connectivity index (χ2v) is 11.4. The number of ketones is 1. The number of hydrogen-bond donors (Lipinski definition) is 1. The second-order valence-electron chi connectivity index (χ2n) is 11.4. The van der Waals surface area contributed by atoms with Crippen molar-refractivity contribution in [2.24, 2.45) is 7.05 Å². The van der Waals surface area contributed by atoms with Gasteiger partial charge in [0.2, 0.25) is 5.91 Å². The molecular weight excluding hydrogens is 554 g/mol. The summed E-state index contributed by atoms with van der Waals surface area (Å²) in [5.74, 6) is 1.06. The maximum Gasteiger partial charge on any atom is 0.293 e. The van der Waals surface area contributed by atoms with Crippen LogP contribution < -0.4 is 15.8 Å². The van der Waals surface area contributed by atoms with E-state index in [1.807, 2.05) is 99.4 Å². The Bertz CT molecular complexity index is 1730. The van der Waals surface area contributed by atoms with E-state index in [-0.39, 0.29) is 35.5 Å². The molecule has 5 rings (SSSR count). The summed E-state index contributed by atoms with van der Waals surface area (Å²) in [5.41, 5.74) is 5.14. The van der Waals surface area contributed by atoms with Crippen LogP contribution in [0.5, 0.6) is 0 Å². The lowest BCUT2D eigenvalue weighted by Crippen LogP contribution is -2.48. The highest BCUT2D eigenvalue weighted by molar-refractivity contribution is 5.97. The lowest BCUT2D eigenvalue weighted by molar-refractivity contribution is -0.139. The molecule has 1 aliphatic heterocycles. The number of carbonyl (C=O) groups excluding carboxylic acids is 2. The quantitative estimate of drug-likeness (QED) is 0.288. The fourth-order valence-corrected chi connectivity index (χ4v) is 5.41. The highest BCUT2D eigenvalue weighted by atomic mass is 16.2. The highest BCUT2D eigenvalue weighted by Crippen LogP contribution is 2.28. The van der Waals surface area contributed by atoms with Crippen molar-refractivity contribution in [3.63, 3.8) is 0 Å². The van der Waals surface area contributed by atoms with Crippen molar-refractivity contribution < 1.29 is 9.59 Å². The molecule has 1 aliphatic rings. The molecule has 228 valence electrons. The fraction of sp³-hybridized carbons (Fsp3) is 0.324. The smallest absolute Gasteiger partial charge is 0.293 e. The molecule has 1 atom stereocenters. The number of anilines is 3. The Morgan fingerprint density at radius 1 is 1.02 bits per heavy atom. The first-order valence-corrected chi connectivity index (χ1v) is 14.8. The maximum atomic E-state index is 13.1. The standard InChI is InChI=1S/C34H39N7O3/c1-7-38(3)30-16-13-25(20-35-30)29(42)19-24-9-8-10-27(22(24)2)28-21-41(6)34(44)32(37-28)36-26-14-11-23(12-15-26)31-33(43)40(5)18-17-39(31)4/h8-16,20-21,31H,7,17-19H2,1-6H3,(H,36,37). The SMILES string of the molecule is CCN(C)c1ccc(C(=O)Cc2cccc(-c3cn(C)c(=O)c(Nc4ccc(C5C(=O)N(C)CCN5C)cc4)n3)c2C)cn1. The summed E-state index contributed by atoms with van der Waals surface area (Å²) < 4.78 is 1.50. The van der Waals surface area contributed by atoms with Crippen LogP contribution in [-0.4, -0.2) is 76.8 Å². The summed E-state index contributed by atoms with van der Waals surface area (Å²) in [6.45, 7) is 6.35.